The molecule has 0 aromatic carbocycles. The number of nitrogens with one attached hydrogen (secondary N) is 1. The summed E-state index contributed by atoms with van der Waals surface area (Å²) in [5.74, 6) is 0.438. The molecular formula is C9H13BrN2O3S. The fraction of sp³-hybridized carbons (Fsp3) is 0.556. The number of hydrogen-bond acceptors (Lipinski definition) is 4. The first-order chi connectivity index (χ1) is 7.36. The third kappa shape index (κ3) is 2.32. The molecule has 1 saturated carbocycles. The fourth-order valence-electron chi connectivity index (χ4n) is 1.35. The Labute approximate surface area is 103 Å². The van der Waals surface area contributed by atoms with Crippen molar-refractivity contribution in [3.05, 3.63) is 16.5 Å². The standard InChI is InChI=1S/C9H13BrN2O3S/c1-9(2-3-9)12-16(13,14)7-4-6(5-11)15-8(7)10/h4,12H,2-3,5,11H2,1H3. The van der Waals surface area contributed by atoms with E-state index in [4.69, 9.17) is 10.2 Å². The lowest BCUT2D eigenvalue weighted by molar-refractivity contribution is 0.482. The van der Waals surface area contributed by atoms with Crippen LogP contribution in [0.3, 0.4) is 0 Å². The van der Waals surface area contributed by atoms with E-state index in [9.17, 15) is 8.42 Å². The summed E-state index contributed by atoms with van der Waals surface area (Å²) in [5.41, 5.74) is 5.09. The molecule has 0 unspecified atom stereocenters. The van der Waals surface area contributed by atoms with Gasteiger partial charge in [-0.05, 0) is 35.7 Å². The lowest BCUT2D eigenvalue weighted by Gasteiger charge is -2.10. The van der Waals surface area contributed by atoms with Gasteiger partial charge in [0.05, 0.1) is 6.54 Å². The normalized spacial score (nSPS) is 18.7. The van der Waals surface area contributed by atoms with Gasteiger partial charge in [0, 0.05) is 11.6 Å². The molecule has 0 radical (unpaired) electrons. The van der Waals surface area contributed by atoms with Gasteiger partial charge in [-0.25, -0.2) is 13.1 Å². The minimum absolute atomic E-state index is 0.112. The molecule has 5 nitrogen and oxygen atoms in total. The van der Waals surface area contributed by atoms with Crippen LogP contribution in [0.15, 0.2) is 20.0 Å². The second-order valence-corrected chi connectivity index (χ2v) is 6.59. The molecule has 16 heavy (non-hydrogen) atoms. The van der Waals surface area contributed by atoms with Crippen molar-refractivity contribution in [1.29, 1.82) is 0 Å². The summed E-state index contributed by atoms with van der Waals surface area (Å²) in [6, 6.07) is 1.44. The Morgan fingerprint density at radius 1 is 1.62 bits per heavy atom. The molecule has 1 fully saturated rings. The first-order valence-electron chi connectivity index (χ1n) is 4.89. The van der Waals surface area contributed by atoms with Gasteiger partial charge >= 0.3 is 0 Å². The number of furan rings is 1. The van der Waals surface area contributed by atoms with Crippen LogP contribution in [0.5, 0.6) is 0 Å². The van der Waals surface area contributed by atoms with Crippen molar-refractivity contribution >= 4 is 26.0 Å². The summed E-state index contributed by atoms with van der Waals surface area (Å²) >= 11 is 3.08. The Morgan fingerprint density at radius 2 is 2.25 bits per heavy atom. The molecule has 1 aromatic rings. The second kappa shape index (κ2) is 3.83. The molecule has 0 spiro atoms. The van der Waals surface area contributed by atoms with Crippen molar-refractivity contribution in [2.24, 2.45) is 5.73 Å². The number of hydrogen-bond donors (Lipinski definition) is 2. The van der Waals surface area contributed by atoms with Crippen LogP contribution in [0, 0.1) is 0 Å². The molecule has 0 atom stereocenters. The number of nitrogens with two attached hydrogens (primary N) is 1. The summed E-state index contributed by atoms with van der Waals surface area (Å²) in [7, 11) is -3.52. The molecule has 1 heterocycles. The molecule has 0 bridgehead atoms. The van der Waals surface area contributed by atoms with E-state index in [0.717, 1.165) is 12.8 Å². The van der Waals surface area contributed by atoms with Gasteiger partial charge in [0.2, 0.25) is 10.0 Å². The van der Waals surface area contributed by atoms with Crippen LogP contribution in [0.1, 0.15) is 25.5 Å². The monoisotopic (exact) mass is 308 g/mol. The minimum Gasteiger partial charge on any atom is -0.452 e. The van der Waals surface area contributed by atoms with E-state index in [0.29, 0.717) is 5.76 Å². The first-order valence-corrected chi connectivity index (χ1v) is 7.16. The Morgan fingerprint density at radius 3 is 2.69 bits per heavy atom. The van der Waals surface area contributed by atoms with Crippen LogP contribution in [-0.4, -0.2) is 14.0 Å². The zero-order chi connectivity index (χ0) is 12.0. The van der Waals surface area contributed by atoms with Gasteiger partial charge in [-0.2, -0.15) is 0 Å². The zero-order valence-electron chi connectivity index (χ0n) is 8.79. The zero-order valence-corrected chi connectivity index (χ0v) is 11.2. The summed E-state index contributed by atoms with van der Waals surface area (Å²) in [6.45, 7) is 2.05. The topological polar surface area (TPSA) is 85.3 Å². The third-order valence-corrected chi connectivity index (χ3v) is 5.07. The fourth-order valence-corrected chi connectivity index (χ4v) is 3.81. The van der Waals surface area contributed by atoms with Gasteiger partial charge in [0.1, 0.15) is 10.7 Å². The SMILES string of the molecule is CC1(NS(=O)(=O)c2cc(CN)oc2Br)CC1. The van der Waals surface area contributed by atoms with Crippen molar-refractivity contribution in [3.8, 4) is 0 Å². The predicted molar refractivity (Wildman–Crippen MR) is 62.3 cm³/mol. The molecule has 0 aliphatic heterocycles. The minimum atomic E-state index is -3.52. The number of rotatable bonds is 4. The highest BCUT2D eigenvalue weighted by Crippen LogP contribution is 2.37. The van der Waals surface area contributed by atoms with Gasteiger partial charge in [0.25, 0.3) is 0 Å². The quantitative estimate of drug-likeness (QED) is 0.878. The van der Waals surface area contributed by atoms with E-state index in [2.05, 4.69) is 20.7 Å². The average Bonchev–Trinajstić information content (AvgIpc) is 2.76. The first kappa shape index (κ1) is 12.1. The van der Waals surface area contributed by atoms with Gasteiger partial charge < -0.3 is 10.2 Å². The number of sulfonamides is 1. The van der Waals surface area contributed by atoms with Crippen molar-refractivity contribution < 1.29 is 12.8 Å². The van der Waals surface area contributed by atoms with Crippen molar-refractivity contribution in [1.82, 2.24) is 4.72 Å². The Kier molecular flexibility index (Phi) is 2.90. The summed E-state index contributed by atoms with van der Waals surface area (Å²) < 4.78 is 32.0. The molecule has 3 N–H and O–H groups in total. The van der Waals surface area contributed by atoms with Gasteiger partial charge in [-0.3, -0.25) is 0 Å². The van der Waals surface area contributed by atoms with Crippen LogP contribution >= 0.6 is 15.9 Å². The van der Waals surface area contributed by atoms with Gasteiger partial charge in [-0.15, -0.1) is 0 Å². The summed E-state index contributed by atoms with van der Waals surface area (Å²) in [6.07, 6.45) is 1.73. The Bertz CT molecular complexity index is 505. The number of halogens is 1. The highest BCUT2D eigenvalue weighted by molar-refractivity contribution is 9.10. The molecule has 7 heteroatoms. The van der Waals surface area contributed by atoms with Crippen LogP contribution in [0.2, 0.25) is 0 Å². The highest BCUT2D eigenvalue weighted by atomic mass is 79.9. The van der Waals surface area contributed by atoms with E-state index in [-0.39, 0.29) is 21.6 Å². The van der Waals surface area contributed by atoms with Gasteiger partial charge in [-0.1, -0.05) is 0 Å². The van der Waals surface area contributed by atoms with Crippen molar-refractivity contribution in [2.45, 2.75) is 36.7 Å². The van der Waals surface area contributed by atoms with Gasteiger partial charge in [0.15, 0.2) is 4.67 Å². The molecule has 2 rings (SSSR count). The van der Waals surface area contributed by atoms with E-state index in [1.54, 1.807) is 0 Å². The van der Waals surface area contributed by atoms with Crippen LogP contribution < -0.4 is 10.5 Å². The lowest BCUT2D eigenvalue weighted by atomic mass is 10.4. The highest BCUT2D eigenvalue weighted by Gasteiger charge is 2.42. The summed E-state index contributed by atoms with van der Waals surface area (Å²) in [5, 5.41) is 0. The molecular weight excluding hydrogens is 296 g/mol. The maximum atomic E-state index is 12.0. The Hall–Kier alpha value is -0.370. The maximum absolute atomic E-state index is 12.0. The smallest absolute Gasteiger partial charge is 0.245 e. The van der Waals surface area contributed by atoms with E-state index < -0.39 is 10.0 Å². The molecule has 0 amide bonds. The van der Waals surface area contributed by atoms with Crippen molar-refractivity contribution in [3.63, 3.8) is 0 Å². The maximum Gasteiger partial charge on any atom is 0.245 e. The van der Waals surface area contributed by atoms with Crippen LogP contribution in [-0.2, 0) is 16.6 Å². The van der Waals surface area contributed by atoms with Crippen LogP contribution in [0.25, 0.3) is 0 Å². The Balaban J connectivity index is 2.31. The molecule has 1 aliphatic rings. The molecule has 1 aromatic heterocycles. The van der Waals surface area contributed by atoms with E-state index >= 15 is 0 Å². The van der Waals surface area contributed by atoms with Crippen LogP contribution in [0.4, 0.5) is 0 Å². The molecule has 90 valence electrons. The predicted octanol–water partition coefficient (Wildman–Crippen LogP) is 1.33. The lowest BCUT2D eigenvalue weighted by Crippen LogP contribution is -2.34. The van der Waals surface area contributed by atoms with E-state index in [1.807, 2.05) is 6.92 Å². The second-order valence-electron chi connectivity index (χ2n) is 4.22. The van der Waals surface area contributed by atoms with E-state index in [1.165, 1.54) is 6.07 Å². The average molecular weight is 309 g/mol. The molecule has 0 saturated heterocycles. The van der Waals surface area contributed by atoms with Crippen molar-refractivity contribution in [2.75, 3.05) is 0 Å². The summed E-state index contributed by atoms with van der Waals surface area (Å²) in [4.78, 5) is 0.112. The largest absolute Gasteiger partial charge is 0.452 e. The third-order valence-electron chi connectivity index (χ3n) is 2.58. The molecule has 1 aliphatic carbocycles.